The summed E-state index contributed by atoms with van der Waals surface area (Å²) in [5.41, 5.74) is 8.11. The smallest absolute Gasteiger partial charge is 0.255 e. The Kier molecular flexibility index (Phi) is 5.83. The van der Waals surface area contributed by atoms with Gasteiger partial charge in [-0.3, -0.25) is 29.4 Å². The van der Waals surface area contributed by atoms with Crippen molar-refractivity contribution in [3.63, 3.8) is 0 Å². The van der Waals surface area contributed by atoms with E-state index in [-0.39, 0.29) is 24.1 Å². The lowest BCUT2D eigenvalue weighted by molar-refractivity contribution is -0.137. The first-order chi connectivity index (χ1) is 14.5. The second-order valence-corrected chi connectivity index (χ2v) is 8.09. The minimum Gasteiger partial charge on any atom is -0.340 e. The first kappa shape index (κ1) is 20.5. The lowest BCUT2D eigenvalue weighted by atomic mass is 10.0. The summed E-state index contributed by atoms with van der Waals surface area (Å²) in [6.45, 7) is 4.51. The van der Waals surface area contributed by atoms with Crippen molar-refractivity contribution in [3.8, 4) is 0 Å². The number of nitrogens with zero attached hydrogens (tertiary/aromatic N) is 3. The molecule has 0 aliphatic carbocycles. The summed E-state index contributed by atoms with van der Waals surface area (Å²) in [7, 11) is 0. The summed E-state index contributed by atoms with van der Waals surface area (Å²) in [4.78, 5) is 54.0. The molecular weight excluding hydrogens is 386 g/mol. The Labute approximate surface area is 175 Å². The van der Waals surface area contributed by atoms with Gasteiger partial charge in [-0.05, 0) is 23.6 Å². The van der Waals surface area contributed by atoms with Gasteiger partial charge in [-0.2, -0.15) is 0 Å². The molecule has 1 aromatic rings. The van der Waals surface area contributed by atoms with Gasteiger partial charge < -0.3 is 15.5 Å². The number of imide groups is 1. The predicted molar refractivity (Wildman–Crippen MR) is 108 cm³/mol. The average molecular weight is 413 g/mol. The van der Waals surface area contributed by atoms with Crippen molar-refractivity contribution in [1.29, 1.82) is 0 Å². The number of piperidine rings is 1. The Bertz CT molecular complexity index is 878. The van der Waals surface area contributed by atoms with Crippen molar-refractivity contribution in [2.75, 3.05) is 32.7 Å². The molecule has 3 aliphatic heterocycles. The summed E-state index contributed by atoms with van der Waals surface area (Å²) in [6.07, 6.45) is 1.01. The fraction of sp³-hybridized carbons (Fsp3) is 0.524. The summed E-state index contributed by atoms with van der Waals surface area (Å²) < 4.78 is 0. The van der Waals surface area contributed by atoms with Crippen LogP contribution in [0.25, 0.3) is 0 Å². The highest BCUT2D eigenvalue weighted by atomic mass is 16.2. The lowest BCUT2D eigenvalue weighted by Gasteiger charge is -2.34. The molecule has 0 aromatic heterocycles. The molecule has 1 aromatic carbocycles. The van der Waals surface area contributed by atoms with Crippen molar-refractivity contribution in [2.24, 2.45) is 5.73 Å². The molecule has 3 heterocycles. The number of fused-ring (bicyclic) bond motifs is 1. The quantitative estimate of drug-likeness (QED) is 0.625. The molecule has 0 saturated carbocycles. The maximum atomic E-state index is 12.8. The zero-order valence-corrected chi connectivity index (χ0v) is 16.9. The Balaban J connectivity index is 1.37. The second-order valence-electron chi connectivity index (χ2n) is 8.09. The molecule has 4 rings (SSSR count). The van der Waals surface area contributed by atoms with E-state index in [2.05, 4.69) is 10.2 Å². The van der Waals surface area contributed by atoms with Gasteiger partial charge in [0.05, 0.1) is 0 Å². The standard InChI is InChI=1S/C21H27N5O4/c22-6-5-19(28)25-9-7-24(8-10-25)12-14-1-2-16-15(11-14)13-26(21(16)30)17-3-4-18(27)23-20(17)29/h1-2,11,17H,3-10,12-13,22H2,(H,23,27,29). The van der Waals surface area contributed by atoms with E-state index in [0.717, 1.165) is 30.8 Å². The number of nitrogens with one attached hydrogen (secondary N) is 1. The number of rotatable bonds is 5. The van der Waals surface area contributed by atoms with E-state index in [1.165, 1.54) is 0 Å². The number of carbonyl (C=O) groups excluding carboxylic acids is 4. The molecule has 3 aliphatic rings. The molecule has 1 atom stereocenters. The maximum Gasteiger partial charge on any atom is 0.255 e. The van der Waals surface area contributed by atoms with E-state index in [0.29, 0.717) is 44.6 Å². The van der Waals surface area contributed by atoms with Crippen LogP contribution in [0.4, 0.5) is 0 Å². The Morgan fingerprint density at radius 2 is 1.90 bits per heavy atom. The molecule has 2 saturated heterocycles. The van der Waals surface area contributed by atoms with Gasteiger partial charge in [0.2, 0.25) is 17.7 Å². The van der Waals surface area contributed by atoms with Crippen LogP contribution in [0.1, 0.15) is 40.7 Å². The third-order valence-electron chi connectivity index (χ3n) is 6.08. The predicted octanol–water partition coefficient (Wildman–Crippen LogP) is -0.559. The molecule has 4 amide bonds. The molecule has 9 nitrogen and oxygen atoms in total. The van der Waals surface area contributed by atoms with Gasteiger partial charge in [-0.1, -0.05) is 12.1 Å². The van der Waals surface area contributed by atoms with Crippen LogP contribution < -0.4 is 11.1 Å². The fourth-order valence-electron chi connectivity index (χ4n) is 4.42. The molecule has 9 heteroatoms. The number of benzene rings is 1. The Morgan fingerprint density at radius 3 is 2.60 bits per heavy atom. The first-order valence-corrected chi connectivity index (χ1v) is 10.4. The molecule has 0 spiro atoms. The van der Waals surface area contributed by atoms with E-state index in [1.54, 1.807) is 4.90 Å². The third-order valence-corrected chi connectivity index (χ3v) is 6.08. The number of amides is 4. The second kappa shape index (κ2) is 8.53. The fourth-order valence-corrected chi connectivity index (χ4v) is 4.42. The van der Waals surface area contributed by atoms with E-state index in [4.69, 9.17) is 5.73 Å². The molecule has 0 bridgehead atoms. The monoisotopic (exact) mass is 413 g/mol. The number of carbonyl (C=O) groups is 4. The van der Waals surface area contributed by atoms with Gasteiger partial charge >= 0.3 is 0 Å². The van der Waals surface area contributed by atoms with Crippen molar-refractivity contribution < 1.29 is 19.2 Å². The highest BCUT2D eigenvalue weighted by Gasteiger charge is 2.39. The zero-order valence-electron chi connectivity index (χ0n) is 16.9. The van der Waals surface area contributed by atoms with Crippen molar-refractivity contribution in [1.82, 2.24) is 20.0 Å². The molecule has 160 valence electrons. The van der Waals surface area contributed by atoms with Crippen LogP contribution in [0.2, 0.25) is 0 Å². The number of hydrogen-bond acceptors (Lipinski definition) is 6. The normalized spacial score (nSPS) is 22.3. The van der Waals surface area contributed by atoms with Crippen LogP contribution in [-0.4, -0.2) is 77.1 Å². The van der Waals surface area contributed by atoms with Crippen molar-refractivity contribution in [2.45, 2.75) is 38.4 Å². The van der Waals surface area contributed by atoms with Gasteiger partial charge in [-0.25, -0.2) is 0 Å². The van der Waals surface area contributed by atoms with E-state index in [1.807, 2.05) is 23.1 Å². The van der Waals surface area contributed by atoms with E-state index in [9.17, 15) is 19.2 Å². The molecule has 0 radical (unpaired) electrons. The van der Waals surface area contributed by atoms with Crippen molar-refractivity contribution >= 4 is 23.6 Å². The van der Waals surface area contributed by atoms with Crippen LogP contribution in [0.3, 0.4) is 0 Å². The average Bonchev–Trinajstić information content (AvgIpc) is 3.04. The summed E-state index contributed by atoms with van der Waals surface area (Å²) in [6, 6.07) is 5.23. The number of nitrogens with two attached hydrogens (primary N) is 1. The van der Waals surface area contributed by atoms with E-state index < -0.39 is 11.9 Å². The van der Waals surface area contributed by atoms with Crippen molar-refractivity contribution in [3.05, 3.63) is 34.9 Å². The van der Waals surface area contributed by atoms with Crippen LogP contribution in [0.15, 0.2) is 18.2 Å². The van der Waals surface area contributed by atoms with Crippen LogP contribution in [-0.2, 0) is 27.5 Å². The van der Waals surface area contributed by atoms with Gasteiger partial charge in [0.25, 0.3) is 5.91 Å². The SMILES string of the molecule is NCCC(=O)N1CCN(Cc2ccc3c(c2)CN(C2CCC(=O)NC2=O)C3=O)CC1. The van der Waals surface area contributed by atoms with Gasteiger partial charge in [-0.15, -0.1) is 0 Å². The minimum absolute atomic E-state index is 0.113. The Hall–Kier alpha value is -2.78. The van der Waals surface area contributed by atoms with Gasteiger partial charge in [0.15, 0.2) is 0 Å². The summed E-state index contributed by atoms with van der Waals surface area (Å²) in [5.74, 6) is -0.720. The number of piperazine rings is 1. The summed E-state index contributed by atoms with van der Waals surface area (Å²) >= 11 is 0. The van der Waals surface area contributed by atoms with Crippen LogP contribution in [0.5, 0.6) is 0 Å². The molecule has 1 unspecified atom stereocenters. The van der Waals surface area contributed by atoms with Gasteiger partial charge in [0.1, 0.15) is 6.04 Å². The Morgan fingerprint density at radius 1 is 1.13 bits per heavy atom. The molecule has 3 N–H and O–H groups in total. The van der Waals surface area contributed by atoms with E-state index >= 15 is 0 Å². The molecular formula is C21H27N5O4. The molecule has 30 heavy (non-hydrogen) atoms. The maximum absolute atomic E-state index is 12.8. The highest BCUT2D eigenvalue weighted by molar-refractivity contribution is 6.05. The summed E-state index contributed by atoms with van der Waals surface area (Å²) in [5, 5.41) is 2.33. The largest absolute Gasteiger partial charge is 0.340 e. The van der Waals surface area contributed by atoms with Crippen LogP contribution >= 0.6 is 0 Å². The first-order valence-electron chi connectivity index (χ1n) is 10.4. The lowest BCUT2D eigenvalue weighted by Crippen LogP contribution is -2.52. The number of hydrogen-bond donors (Lipinski definition) is 2. The minimum atomic E-state index is -0.592. The zero-order chi connectivity index (χ0) is 21.3. The topological polar surface area (TPSA) is 116 Å². The molecule has 2 fully saturated rings. The third kappa shape index (κ3) is 4.08. The van der Waals surface area contributed by atoms with Crippen LogP contribution in [0, 0.1) is 0 Å². The highest BCUT2D eigenvalue weighted by Crippen LogP contribution is 2.28. The van der Waals surface area contributed by atoms with Gasteiger partial charge in [0, 0.05) is 64.2 Å².